The Morgan fingerprint density at radius 3 is 1.05 bits per heavy atom. The molecule has 0 radical (unpaired) electrons. The van der Waals surface area contributed by atoms with Gasteiger partial charge in [-0.15, -0.1) is 0 Å². The Bertz CT molecular complexity index is 1030. The second kappa shape index (κ2) is 48.5. The largest absolute Gasteiger partial charge is 0.756 e. The molecule has 65 heavy (non-hydrogen) atoms. The number of phosphoric acid groups is 1. The van der Waals surface area contributed by atoms with E-state index in [1.165, 1.54) is 238 Å². The van der Waals surface area contributed by atoms with Gasteiger partial charge in [0.25, 0.3) is 7.82 Å². The van der Waals surface area contributed by atoms with Gasteiger partial charge in [0.2, 0.25) is 5.91 Å². The highest BCUT2D eigenvalue weighted by Gasteiger charge is 2.24. The van der Waals surface area contributed by atoms with Crippen molar-refractivity contribution in [3.63, 3.8) is 0 Å². The summed E-state index contributed by atoms with van der Waals surface area (Å²) in [4.78, 5) is 25.4. The van der Waals surface area contributed by atoms with E-state index in [0.717, 1.165) is 38.5 Å². The molecule has 0 aliphatic rings. The monoisotopic (exact) mass is 943 g/mol. The van der Waals surface area contributed by atoms with E-state index in [1.807, 2.05) is 21.1 Å². The third-order valence-electron chi connectivity index (χ3n) is 13.6. The molecule has 0 aliphatic carbocycles. The summed E-state index contributed by atoms with van der Waals surface area (Å²) in [6.45, 7) is 4.73. The van der Waals surface area contributed by atoms with Crippen molar-refractivity contribution >= 4 is 13.7 Å². The fourth-order valence-electron chi connectivity index (χ4n) is 9.04. The first-order valence-corrected chi connectivity index (χ1v) is 30.3. The summed E-state index contributed by atoms with van der Waals surface area (Å²) in [6.07, 6.45) is 57.5. The minimum Gasteiger partial charge on any atom is -0.756 e. The molecule has 0 aliphatic heterocycles. The number of rotatable bonds is 54. The fourth-order valence-corrected chi connectivity index (χ4v) is 9.77. The Morgan fingerprint density at radius 1 is 0.477 bits per heavy atom. The van der Waals surface area contributed by atoms with Crippen molar-refractivity contribution < 1.29 is 32.9 Å². The van der Waals surface area contributed by atoms with Crippen LogP contribution in [0.1, 0.15) is 303 Å². The lowest BCUT2D eigenvalue weighted by Crippen LogP contribution is -2.46. The third kappa shape index (κ3) is 51.2. The Morgan fingerprint density at radius 2 is 0.754 bits per heavy atom. The maximum Gasteiger partial charge on any atom is 0.268 e. The first kappa shape index (κ1) is 64.5. The highest BCUT2D eigenvalue weighted by Crippen LogP contribution is 2.38. The fraction of sp³-hybridized carbons (Fsp3) is 0.982. The molecular formula is C56H115N2O6P. The molecule has 0 aromatic heterocycles. The quantitative estimate of drug-likeness (QED) is 0.0357. The summed E-state index contributed by atoms with van der Waals surface area (Å²) in [6, 6.07) is -0.793. The molecule has 0 spiro atoms. The van der Waals surface area contributed by atoms with Crippen LogP contribution in [-0.4, -0.2) is 68.5 Å². The summed E-state index contributed by atoms with van der Waals surface area (Å²) in [5.41, 5.74) is 0. The SMILES string of the molecule is CCCCCCCCCCCCCCCCCCCCCCCCCCCCCCCCCCCCC(=O)NC(COP(=O)([O-])OCC[N+](C)(C)C)C(O)CCCCCCCCCCC. The average Bonchev–Trinajstić information content (AvgIpc) is 3.26. The van der Waals surface area contributed by atoms with Crippen LogP contribution in [0.4, 0.5) is 0 Å². The summed E-state index contributed by atoms with van der Waals surface area (Å²) < 4.78 is 23.3. The number of nitrogens with zero attached hydrogens (tertiary/aromatic N) is 1. The molecule has 390 valence electrons. The number of nitrogens with one attached hydrogen (secondary N) is 1. The normalized spacial score (nSPS) is 13.9. The molecule has 0 saturated carbocycles. The molecule has 1 amide bonds. The number of phosphoric ester groups is 1. The molecule has 0 aromatic carbocycles. The van der Waals surface area contributed by atoms with Crippen LogP contribution in [0.2, 0.25) is 0 Å². The van der Waals surface area contributed by atoms with Crippen LogP contribution in [0.25, 0.3) is 0 Å². The molecule has 0 saturated heterocycles. The van der Waals surface area contributed by atoms with E-state index in [4.69, 9.17) is 9.05 Å². The van der Waals surface area contributed by atoms with Gasteiger partial charge < -0.3 is 28.8 Å². The second-order valence-corrected chi connectivity index (χ2v) is 22.8. The van der Waals surface area contributed by atoms with E-state index in [2.05, 4.69) is 19.2 Å². The van der Waals surface area contributed by atoms with Crippen molar-refractivity contribution in [3.8, 4) is 0 Å². The summed E-state index contributed by atoms with van der Waals surface area (Å²) in [5.74, 6) is -0.160. The number of aliphatic hydroxyl groups is 1. The smallest absolute Gasteiger partial charge is 0.268 e. The number of hydrogen-bond acceptors (Lipinski definition) is 6. The van der Waals surface area contributed by atoms with Crippen LogP contribution in [0.5, 0.6) is 0 Å². The standard InChI is InChI=1S/C56H115N2O6P/c1-6-8-10-12-14-16-17-18-19-20-21-22-23-24-25-26-27-28-29-30-31-32-33-34-35-36-37-38-39-40-42-44-46-48-50-56(60)57-54(53-64-65(61,62)63-52-51-58(3,4)5)55(59)49-47-45-43-41-15-13-11-9-7-2/h54-55,59H,6-53H2,1-5H3,(H-,57,60,61,62). The van der Waals surface area contributed by atoms with Gasteiger partial charge in [-0.25, -0.2) is 0 Å². The number of amides is 1. The first-order chi connectivity index (χ1) is 31.5. The second-order valence-electron chi connectivity index (χ2n) is 21.4. The van der Waals surface area contributed by atoms with Crippen LogP contribution >= 0.6 is 7.82 Å². The number of likely N-dealkylation sites (N-methyl/N-ethyl adjacent to an activating group) is 1. The Balaban J connectivity index is 3.81. The molecule has 0 fully saturated rings. The van der Waals surface area contributed by atoms with E-state index in [9.17, 15) is 19.4 Å². The van der Waals surface area contributed by atoms with Gasteiger partial charge in [-0.2, -0.15) is 0 Å². The van der Waals surface area contributed by atoms with Crippen LogP contribution < -0.4 is 10.2 Å². The van der Waals surface area contributed by atoms with Crippen molar-refractivity contribution in [2.24, 2.45) is 0 Å². The molecule has 3 unspecified atom stereocenters. The van der Waals surface area contributed by atoms with Crippen LogP contribution in [0, 0.1) is 0 Å². The highest BCUT2D eigenvalue weighted by molar-refractivity contribution is 7.45. The lowest BCUT2D eigenvalue weighted by Gasteiger charge is -2.30. The molecule has 0 heterocycles. The zero-order valence-electron chi connectivity index (χ0n) is 44.5. The van der Waals surface area contributed by atoms with Crippen molar-refractivity contribution in [3.05, 3.63) is 0 Å². The van der Waals surface area contributed by atoms with Crippen molar-refractivity contribution in [1.29, 1.82) is 0 Å². The number of aliphatic hydroxyl groups excluding tert-OH is 1. The molecule has 3 atom stereocenters. The maximum absolute atomic E-state index is 12.9. The summed E-state index contributed by atoms with van der Waals surface area (Å²) in [5, 5.41) is 13.9. The minimum absolute atomic E-state index is 0.0159. The molecule has 2 N–H and O–H groups in total. The molecule has 8 nitrogen and oxygen atoms in total. The number of carbonyl (C=O) groups is 1. The van der Waals surface area contributed by atoms with E-state index < -0.39 is 20.0 Å². The lowest BCUT2D eigenvalue weighted by atomic mass is 10.0. The molecule has 0 aromatic rings. The van der Waals surface area contributed by atoms with Gasteiger partial charge >= 0.3 is 0 Å². The lowest BCUT2D eigenvalue weighted by molar-refractivity contribution is -0.870. The van der Waals surface area contributed by atoms with Gasteiger partial charge in [0.1, 0.15) is 13.2 Å². The van der Waals surface area contributed by atoms with Crippen molar-refractivity contribution in [2.75, 3.05) is 40.9 Å². The molecule has 9 heteroatoms. The van der Waals surface area contributed by atoms with Crippen molar-refractivity contribution in [2.45, 2.75) is 315 Å². The first-order valence-electron chi connectivity index (χ1n) is 28.9. The molecular weight excluding hydrogens is 828 g/mol. The number of hydrogen-bond donors (Lipinski definition) is 2. The molecule has 0 rings (SSSR count). The van der Waals surface area contributed by atoms with E-state index in [0.29, 0.717) is 23.9 Å². The van der Waals surface area contributed by atoms with Crippen molar-refractivity contribution in [1.82, 2.24) is 5.32 Å². The zero-order chi connectivity index (χ0) is 47.8. The molecule has 0 bridgehead atoms. The topological polar surface area (TPSA) is 108 Å². The predicted molar refractivity (Wildman–Crippen MR) is 279 cm³/mol. The van der Waals surface area contributed by atoms with Gasteiger partial charge in [-0.1, -0.05) is 284 Å². The van der Waals surface area contributed by atoms with Crippen LogP contribution in [0.15, 0.2) is 0 Å². The summed E-state index contributed by atoms with van der Waals surface area (Å²) >= 11 is 0. The average molecular weight is 944 g/mol. The van der Waals surface area contributed by atoms with Gasteiger partial charge in [-0.3, -0.25) is 9.36 Å². The number of quaternary nitrogens is 1. The Kier molecular flexibility index (Phi) is 48.1. The van der Waals surface area contributed by atoms with E-state index in [1.54, 1.807) is 0 Å². The zero-order valence-corrected chi connectivity index (χ0v) is 45.4. The van der Waals surface area contributed by atoms with Gasteiger partial charge in [0, 0.05) is 6.42 Å². The maximum atomic E-state index is 12.9. The minimum atomic E-state index is -4.56. The van der Waals surface area contributed by atoms with Gasteiger partial charge in [0.05, 0.1) is 39.9 Å². The number of unbranched alkanes of at least 4 members (excludes halogenated alkanes) is 41. The third-order valence-corrected chi connectivity index (χ3v) is 14.6. The van der Waals surface area contributed by atoms with Gasteiger partial charge in [-0.05, 0) is 12.8 Å². The highest BCUT2D eigenvalue weighted by atomic mass is 31.2. The Hall–Kier alpha value is -0.500. The van der Waals surface area contributed by atoms with Gasteiger partial charge in [0.15, 0.2) is 0 Å². The van der Waals surface area contributed by atoms with Crippen LogP contribution in [-0.2, 0) is 18.4 Å². The number of carbonyl (C=O) groups excluding carboxylic acids is 1. The van der Waals surface area contributed by atoms with E-state index >= 15 is 0 Å². The van der Waals surface area contributed by atoms with Crippen LogP contribution in [0.3, 0.4) is 0 Å². The van der Waals surface area contributed by atoms with E-state index in [-0.39, 0.29) is 19.1 Å². The Labute approximate surface area is 406 Å². The summed E-state index contributed by atoms with van der Waals surface area (Å²) in [7, 11) is 1.32. The predicted octanol–water partition coefficient (Wildman–Crippen LogP) is 16.6.